The molecule has 0 unspecified atom stereocenters. The van der Waals surface area contributed by atoms with Crippen LogP contribution in [0.25, 0.3) is 0 Å². The van der Waals surface area contributed by atoms with E-state index in [0.717, 1.165) is 12.1 Å². The van der Waals surface area contributed by atoms with Crippen LogP contribution in [-0.4, -0.2) is 28.1 Å². The summed E-state index contributed by atoms with van der Waals surface area (Å²) in [6, 6.07) is 10.7. The largest absolute Gasteiger partial charge is 0.480 e. The van der Waals surface area contributed by atoms with E-state index < -0.39 is 56.8 Å². The molecule has 178 valence electrons. The van der Waals surface area contributed by atoms with Crippen LogP contribution in [0.4, 0.5) is 10.1 Å². The molecule has 0 radical (unpaired) electrons. The van der Waals surface area contributed by atoms with Gasteiger partial charge in [-0.3, -0.25) is 19.7 Å². The number of nitro benzene ring substituents is 1. The van der Waals surface area contributed by atoms with Crippen LogP contribution in [0.3, 0.4) is 0 Å². The van der Waals surface area contributed by atoms with Gasteiger partial charge in [0.1, 0.15) is 17.8 Å². The first-order valence-electron chi connectivity index (χ1n) is 10.3. The molecule has 0 heterocycles. The van der Waals surface area contributed by atoms with Gasteiger partial charge in [0, 0.05) is 11.6 Å². The lowest BCUT2D eigenvalue weighted by molar-refractivity contribution is -0.386. The minimum atomic E-state index is -1.80. The van der Waals surface area contributed by atoms with E-state index >= 15 is 4.39 Å². The van der Waals surface area contributed by atoms with Crippen molar-refractivity contribution in [2.75, 3.05) is 0 Å². The number of esters is 2. The van der Waals surface area contributed by atoms with E-state index in [2.05, 4.69) is 0 Å². The summed E-state index contributed by atoms with van der Waals surface area (Å²) < 4.78 is 31.7. The molecule has 2 rings (SSSR count). The normalized spacial score (nSPS) is 11.8. The summed E-state index contributed by atoms with van der Waals surface area (Å²) in [5, 5.41) is 11.5. The molecule has 0 aromatic heterocycles. The summed E-state index contributed by atoms with van der Waals surface area (Å²) >= 11 is 0. The Morgan fingerprint density at radius 1 is 0.939 bits per heavy atom. The molecular weight excluding hydrogens is 433 g/mol. The van der Waals surface area contributed by atoms with Crippen molar-refractivity contribution in [1.29, 1.82) is 0 Å². The summed E-state index contributed by atoms with van der Waals surface area (Å²) in [5.41, 5.74) is -2.37. The molecule has 0 saturated heterocycles. The molecule has 9 heteroatoms. The van der Waals surface area contributed by atoms with Crippen LogP contribution in [0.1, 0.15) is 58.6 Å². The van der Waals surface area contributed by atoms with Gasteiger partial charge in [-0.25, -0.2) is 4.39 Å². The zero-order valence-corrected chi connectivity index (χ0v) is 19.5. The van der Waals surface area contributed by atoms with Crippen molar-refractivity contribution in [1.82, 2.24) is 0 Å². The average molecular weight is 461 g/mol. The predicted octanol–water partition coefficient (Wildman–Crippen LogP) is 5.08. The van der Waals surface area contributed by atoms with Gasteiger partial charge in [0.2, 0.25) is 5.75 Å². The second-order valence-corrected chi connectivity index (χ2v) is 9.35. The zero-order chi connectivity index (χ0) is 25.0. The Bertz CT molecular complexity index is 996. The molecule has 0 bridgehead atoms. The number of halogens is 1. The third kappa shape index (κ3) is 7.27. The summed E-state index contributed by atoms with van der Waals surface area (Å²) in [4.78, 5) is 36.5. The average Bonchev–Trinajstić information content (AvgIpc) is 2.66. The molecule has 2 aromatic carbocycles. The van der Waals surface area contributed by atoms with Gasteiger partial charge in [-0.15, -0.1) is 0 Å². The standard InChI is InChI=1S/C24H28FNO7/c1-23(2,3)32-21(27)18(22(28)33-24(4,5)6)16-12-13-17(26(29)30)20(19(16)25)31-14-15-10-8-7-9-11-15/h7-13,18H,14H2,1-6H3. The maximum Gasteiger partial charge on any atom is 0.325 e. The van der Waals surface area contributed by atoms with Gasteiger partial charge >= 0.3 is 17.6 Å². The fraction of sp³-hybridized carbons (Fsp3) is 0.417. The summed E-state index contributed by atoms with van der Waals surface area (Å²) in [6.07, 6.45) is 0. The molecule has 2 aromatic rings. The van der Waals surface area contributed by atoms with Gasteiger partial charge in [0.15, 0.2) is 11.7 Å². The van der Waals surface area contributed by atoms with E-state index in [1.54, 1.807) is 71.9 Å². The lowest BCUT2D eigenvalue weighted by Gasteiger charge is -2.26. The summed E-state index contributed by atoms with van der Waals surface area (Å²) in [5.74, 6) is -5.78. The number of benzene rings is 2. The molecule has 0 aliphatic rings. The van der Waals surface area contributed by atoms with Crippen molar-refractivity contribution >= 4 is 17.6 Å². The molecule has 0 spiro atoms. The van der Waals surface area contributed by atoms with Gasteiger partial charge in [0.05, 0.1) is 4.92 Å². The first-order valence-corrected chi connectivity index (χ1v) is 10.3. The van der Waals surface area contributed by atoms with Crippen molar-refractivity contribution in [3.05, 3.63) is 69.5 Å². The lowest BCUT2D eigenvalue weighted by Crippen LogP contribution is -2.36. The predicted molar refractivity (Wildman–Crippen MR) is 118 cm³/mol. The van der Waals surface area contributed by atoms with Gasteiger partial charge in [-0.1, -0.05) is 30.3 Å². The molecule has 0 N–H and O–H groups in total. The fourth-order valence-electron chi connectivity index (χ4n) is 2.87. The highest BCUT2D eigenvalue weighted by atomic mass is 19.1. The highest BCUT2D eigenvalue weighted by molar-refractivity contribution is 6.01. The Morgan fingerprint density at radius 3 is 1.91 bits per heavy atom. The molecule has 0 aliphatic heterocycles. The Balaban J connectivity index is 2.56. The first kappa shape index (κ1) is 25.8. The minimum Gasteiger partial charge on any atom is -0.480 e. The fourth-order valence-corrected chi connectivity index (χ4v) is 2.87. The van der Waals surface area contributed by atoms with Crippen LogP contribution < -0.4 is 4.74 Å². The Hall–Kier alpha value is -3.49. The molecule has 0 amide bonds. The monoisotopic (exact) mass is 461 g/mol. The Morgan fingerprint density at radius 2 is 1.45 bits per heavy atom. The number of nitrogens with zero attached hydrogens (tertiary/aromatic N) is 1. The quantitative estimate of drug-likeness (QED) is 0.245. The van der Waals surface area contributed by atoms with Gasteiger partial charge < -0.3 is 14.2 Å². The van der Waals surface area contributed by atoms with Gasteiger partial charge in [-0.2, -0.15) is 0 Å². The third-order valence-electron chi connectivity index (χ3n) is 4.12. The number of nitro groups is 1. The van der Waals surface area contributed by atoms with E-state index in [1.165, 1.54) is 0 Å². The highest BCUT2D eigenvalue weighted by Crippen LogP contribution is 2.37. The second kappa shape index (κ2) is 9.97. The number of hydrogen-bond acceptors (Lipinski definition) is 7. The van der Waals surface area contributed by atoms with E-state index in [0.29, 0.717) is 5.56 Å². The molecule has 33 heavy (non-hydrogen) atoms. The number of carbonyl (C=O) groups excluding carboxylic acids is 2. The van der Waals surface area contributed by atoms with Crippen molar-refractivity contribution in [2.24, 2.45) is 0 Å². The summed E-state index contributed by atoms with van der Waals surface area (Å²) in [7, 11) is 0. The maximum absolute atomic E-state index is 15.6. The van der Waals surface area contributed by atoms with Gasteiger partial charge in [0.25, 0.3) is 0 Å². The van der Waals surface area contributed by atoms with E-state index in [-0.39, 0.29) is 6.61 Å². The maximum atomic E-state index is 15.6. The number of rotatable bonds is 7. The van der Waals surface area contributed by atoms with Crippen molar-refractivity contribution < 1.29 is 33.1 Å². The number of carbonyl (C=O) groups is 2. The van der Waals surface area contributed by atoms with Crippen molar-refractivity contribution in [3.63, 3.8) is 0 Å². The minimum absolute atomic E-state index is 0.161. The van der Waals surface area contributed by atoms with E-state index in [1.807, 2.05) is 0 Å². The third-order valence-corrected chi connectivity index (χ3v) is 4.12. The molecule has 0 saturated carbocycles. The SMILES string of the molecule is CC(C)(C)OC(=O)C(C(=O)OC(C)(C)C)c1ccc([N+](=O)[O-])c(OCc2ccccc2)c1F. The van der Waals surface area contributed by atoms with Crippen molar-refractivity contribution in [3.8, 4) is 5.75 Å². The zero-order valence-electron chi connectivity index (χ0n) is 19.5. The van der Waals surface area contributed by atoms with E-state index in [9.17, 15) is 19.7 Å². The van der Waals surface area contributed by atoms with Crippen LogP contribution in [0, 0.1) is 15.9 Å². The van der Waals surface area contributed by atoms with Crippen LogP contribution in [0.15, 0.2) is 42.5 Å². The Labute approximate surface area is 191 Å². The molecule has 0 aliphatic carbocycles. The smallest absolute Gasteiger partial charge is 0.325 e. The van der Waals surface area contributed by atoms with E-state index in [4.69, 9.17) is 14.2 Å². The Kier molecular flexibility index (Phi) is 7.79. The van der Waals surface area contributed by atoms with Crippen molar-refractivity contribution in [2.45, 2.75) is 65.3 Å². The number of ether oxygens (including phenoxy) is 3. The van der Waals surface area contributed by atoms with Crippen LogP contribution in [0.5, 0.6) is 5.75 Å². The topological polar surface area (TPSA) is 105 Å². The number of hydrogen-bond donors (Lipinski definition) is 0. The van der Waals surface area contributed by atoms with Crippen LogP contribution in [0.2, 0.25) is 0 Å². The second-order valence-electron chi connectivity index (χ2n) is 9.35. The summed E-state index contributed by atoms with van der Waals surface area (Å²) in [6.45, 7) is 9.41. The molecule has 8 nitrogen and oxygen atoms in total. The van der Waals surface area contributed by atoms with Crippen LogP contribution >= 0.6 is 0 Å². The first-order chi connectivity index (χ1) is 15.2. The molecular formula is C24H28FNO7. The molecule has 0 atom stereocenters. The highest BCUT2D eigenvalue weighted by Gasteiger charge is 2.40. The van der Waals surface area contributed by atoms with Gasteiger partial charge in [-0.05, 0) is 53.2 Å². The molecule has 0 fully saturated rings. The van der Waals surface area contributed by atoms with Crippen LogP contribution in [-0.2, 0) is 25.7 Å². The lowest BCUT2D eigenvalue weighted by atomic mass is 9.96.